The van der Waals surface area contributed by atoms with Crippen LogP contribution in [0.15, 0.2) is 64.9 Å². The Bertz CT molecular complexity index is 1080. The van der Waals surface area contributed by atoms with E-state index in [0.29, 0.717) is 13.0 Å². The zero-order chi connectivity index (χ0) is 20.1. The van der Waals surface area contributed by atoms with Gasteiger partial charge in [0.25, 0.3) is 15.9 Å². The van der Waals surface area contributed by atoms with Crippen LogP contribution in [0.1, 0.15) is 20.8 Å². The van der Waals surface area contributed by atoms with Crippen LogP contribution < -0.4 is 10.0 Å². The van der Waals surface area contributed by atoms with Gasteiger partial charge in [-0.25, -0.2) is 12.8 Å². The molecule has 0 spiro atoms. The van der Waals surface area contributed by atoms with Crippen LogP contribution in [0, 0.1) is 12.7 Å². The van der Waals surface area contributed by atoms with Crippen LogP contribution >= 0.6 is 11.3 Å². The molecule has 0 bridgehead atoms. The molecule has 3 aromatic rings. The van der Waals surface area contributed by atoms with Crippen molar-refractivity contribution in [1.29, 1.82) is 0 Å². The fourth-order valence-corrected chi connectivity index (χ4v) is 4.48. The molecule has 146 valence electrons. The normalized spacial score (nSPS) is 11.2. The Hall–Kier alpha value is -2.71. The van der Waals surface area contributed by atoms with Crippen LogP contribution in [0.25, 0.3) is 0 Å². The van der Waals surface area contributed by atoms with Gasteiger partial charge in [0, 0.05) is 11.4 Å². The van der Waals surface area contributed by atoms with Gasteiger partial charge < -0.3 is 5.32 Å². The van der Waals surface area contributed by atoms with Gasteiger partial charge in [-0.3, -0.25) is 9.52 Å². The SMILES string of the molecule is Cc1cc(S(=O)(=O)Nc2ccccc2C(=O)NCCc2cccs2)ccc1F. The molecule has 2 aromatic carbocycles. The van der Waals surface area contributed by atoms with Crippen LogP contribution in [0.5, 0.6) is 0 Å². The third kappa shape index (κ3) is 4.76. The molecule has 0 saturated heterocycles. The van der Waals surface area contributed by atoms with Crippen molar-refractivity contribution in [2.75, 3.05) is 11.3 Å². The van der Waals surface area contributed by atoms with Crippen molar-refractivity contribution in [1.82, 2.24) is 5.32 Å². The van der Waals surface area contributed by atoms with Crippen molar-refractivity contribution in [2.45, 2.75) is 18.2 Å². The minimum absolute atomic E-state index is 0.0701. The van der Waals surface area contributed by atoms with E-state index in [-0.39, 0.29) is 27.6 Å². The van der Waals surface area contributed by atoms with Crippen molar-refractivity contribution < 1.29 is 17.6 Å². The van der Waals surface area contributed by atoms with E-state index in [1.54, 1.807) is 29.5 Å². The molecule has 3 rings (SSSR count). The largest absolute Gasteiger partial charge is 0.352 e. The lowest BCUT2D eigenvalue weighted by Crippen LogP contribution is -2.27. The zero-order valence-electron chi connectivity index (χ0n) is 15.1. The number of carbonyl (C=O) groups excluding carboxylic acids is 1. The topological polar surface area (TPSA) is 75.3 Å². The first kappa shape index (κ1) is 20.0. The third-order valence-corrected chi connectivity index (χ3v) is 6.39. The average molecular weight is 419 g/mol. The maximum atomic E-state index is 13.4. The molecular formula is C20H19FN2O3S2. The maximum absolute atomic E-state index is 13.4. The highest BCUT2D eigenvalue weighted by atomic mass is 32.2. The van der Waals surface area contributed by atoms with Gasteiger partial charge in [0.2, 0.25) is 0 Å². The highest BCUT2D eigenvalue weighted by molar-refractivity contribution is 7.92. The van der Waals surface area contributed by atoms with Crippen LogP contribution in [0.3, 0.4) is 0 Å². The molecule has 0 unspecified atom stereocenters. The smallest absolute Gasteiger partial charge is 0.261 e. The molecule has 0 aliphatic rings. The molecule has 0 aliphatic heterocycles. The molecule has 8 heteroatoms. The van der Waals surface area contributed by atoms with Crippen LogP contribution in [-0.2, 0) is 16.4 Å². The number of aryl methyl sites for hydroxylation is 1. The Kier molecular flexibility index (Phi) is 6.11. The van der Waals surface area contributed by atoms with Crippen molar-refractivity contribution >= 4 is 33.0 Å². The van der Waals surface area contributed by atoms with E-state index >= 15 is 0 Å². The lowest BCUT2D eigenvalue weighted by molar-refractivity contribution is 0.0955. The number of hydrogen-bond acceptors (Lipinski definition) is 4. The van der Waals surface area contributed by atoms with Crippen molar-refractivity contribution in [3.8, 4) is 0 Å². The minimum atomic E-state index is -3.96. The summed E-state index contributed by atoms with van der Waals surface area (Å²) >= 11 is 1.61. The number of para-hydroxylation sites is 1. The first-order valence-corrected chi connectivity index (χ1v) is 10.9. The second-order valence-corrected chi connectivity index (χ2v) is 8.86. The molecule has 0 radical (unpaired) electrons. The molecule has 0 aliphatic carbocycles. The zero-order valence-corrected chi connectivity index (χ0v) is 16.7. The molecular weight excluding hydrogens is 399 g/mol. The first-order chi connectivity index (χ1) is 13.4. The van der Waals surface area contributed by atoms with Gasteiger partial charge in [0.05, 0.1) is 16.1 Å². The first-order valence-electron chi connectivity index (χ1n) is 8.55. The summed E-state index contributed by atoms with van der Waals surface area (Å²) in [4.78, 5) is 13.6. The van der Waals surface area contributed by atoms with Crippen molar-refractivity contribution in [3.63, 3.8) is 0 Å². The van der Waals surface area contributed by atoms with Crippen LogP contribution in [0.2, 0.25) is 0 Å². The van der Waals surface area contributed by atoms with Crippen LogP contribution in [-0.4, -0.2) is 20.9 Å². The Morgan fingerprint density at radius 2 is 1.89 bits per heavy atom. The van der Waals surface area contributed by atoms with Gasteiger partial charge >= 0.3 is 0 Å². The molecule has 5 nitrogen and oxygen atoms in total. The second kappa shape index (κ2) is 8.53. The van der Waals surface area contributed by atoms with E-state index in [4.69, 9.17) is 0 Å². The number of sulfonamides is 1. The van der Waals surface area contributed by atoms with E-state index in [0.717, 1.165) is 10.9 Å². The highest BCUT2D eigenvalue weighted by Crippen LogP contribution is 2.21. The van der Waals surface area contributed by atoms with E-state index in [1.807, 2.05) is 17.5 Å². The predicted octanol–water partition coefficient (Wildman–Crippen LogP) is 3.97. The fraction of sp³-hybridized carbons (Fsp3) is 0.150. The van der Waals surface area contributed by atoms with Gasteiger partial charge in [-0.15, -0.1) is 11.3 Å². The van der Waals surface area contributed by atoms with Gasteiger partial charge in [-0.05, 0) is 60.7 Å². The number of halogens is 1. The van der Waals surface area contributed by atoms with Gasteiger partial charge in [-0.2, -0.15) is 0 Å². The third-order valence-electron chi connectivity index (χ3n) is 4.09. The van der Waals surface area contributed by atoms with E-state index in [2.05, 4.69) is 10.0 Å². The van der Waals surface area contributed by atoms with Crippen LogP contribution in [0.4, 0.5) is 10.1 Å². The number of benzene rings is 2. The molecule has 0 atom stereocenters. The Morgan fingerprint density at radius 1 is 1.11 bits per heavy atom. The summed E-state index contributed by atoms with van der Waals surface area (Å²) in [6, 6.07) is 13.8. The van der Waals surface area contributed by atoms with Gasteiger partial charge in [0.1, 0.15) is 5.82 Å². The van der Waals surface area contributed by atoms with Gasteiger partial charge in [0.15, 0.2) is 0 Å². The maximum Gasteiger partial charge on any atom is 0.261 e. The lowest BCUT2D eigenvalue weighted by Gasteiger charge is -2.13. The number of hydrogen-bond donors (Lipinski definition) is 2. The Labute approximate surface area is 167 Å². The number of amides is 1. The number of nitrogens with one attached hydrogen (secondary N) is 2. The molecule has 1 heterocycles. The summed E-state index contributed by atoms with van der Waals surface area (Å²) < 4.78 is 41.2. The fourth-order valence-electron chi connectivity index (χ4n) is 2.61. The summed E-state index contributed by atoms with van der Waals surface area (Å²) in [6.45, 7) is 1.93. The molecule has 2 N–H and O–H groups in total. The average Bonchev–Trinajstić information content (AvgIpc) is 3.17. The monoisotopic (exact) mass is 418 g/mol. The van der Waals surface area contributed by atoms with Crippen molar-refractivity contribution in [2.24, 2.45) is 0 Å². The molecule has 28 heavy (non-hydrogen) atoms. The molecule has 0 fully saturated rings. The number of thiophene rings is 1. The van der Waals surface area contributed by atoms with Gasteiger partial charge in [-0.1, -0.05) is 18.2 Å². The second-order valence-electron chi connectivity index (χ2n) is 6.15. The van der Waals surface area contributed by atoms with E-state index < -0.39 is 15.8 Å². The summed E-state index contributed by atoms with van der Waals surface area (Å²) in [7, 11) is -3.96. The quantitative estimate of drug-likeness (QED) is 0.610. The Balaban J connectivity index is 1.75. The lowest BCUT2D eigenvalue weighted by atomic mass is 10.1. The number of carbonyl (C=O) groups is 1. The van der Waals surface area contributed by atoms with E-state index in [1.165, 1.54) is 25.1 Å². The Morgan fingerprint density at radius 3 is 2.61 bits per heavy atom. The summed E-state index contributed by atoms with van der Waals surface area (Å²) in [5, 5.41) is 4.77. The summed E-state index contributed by atoms with van der Waals surface area (Å²) in [5.41, 5.74) is 0.608. The van der Waals surface area contributed by atoms with Crippen molar-refractivity contribution in [3.05, 3.63) is 81.8 Å². The highest BCUT2D eigenvalue weighted by Gasteiger charge is 2.19. The summed E-state index contributed by atoms with van der Waals surface area (Å²) in [5.74, 6) is -0.852. The predicted molar refractivity (Wildman–Crippen MR) is 109 cm³/mol. The molecule has 1 aromatic heterocycles. The summed E-state index contributed by atoms with van der Waals surface area (Å²) in [6.07, 6.45) is 0.701. The standard InChI is InChI=1S/C20H19FN2O3S2/c1-14-13-16(8-9-18(14)21)28(25,26)23-19-7-3-2-6-17(19)20(24)22-11-10-15-5-4-12-27-15/h2-9,12-13,23H,10-11H2,1H3,(H,22,24). The number of rotatable bonds is 7. The number of anilines is 1. The molecule has 1 amide bonds. The molecule has 0 saturated carbocycles. The van der Waals surface area contributed by atoms with E-state index in [9.17, 15) is 17.6 Å². The minimum Gasteiger partial charge on any atom is -0.352 e.